The smallest absolute Gasteiger partial charge is 0.303 e. The largest absolute Gasteiger partial charge is 0.491 e. The van der Waals surface area contributed by atoms with Gasteiger partial charge in [0.25, 0.3) is 0 Å². The highest BCUT2D eigenvalue weighted by Gasteiger charge is 2.44. The van der Waals surface area contributed by atoms with Crippen molar-refractivity contribution in [1.29, 1.82) is 0 Å². The monoisotopic (exact) mass is 431 g/mol. The van der Waals surface area contributed by atoms with Crippen LogP contribution in [0.25, 0.3) is 0 Å². The Morgan fingerprint density at radius 3 is 2.10 bits per heavy atom. The van der Waals surface area contributed by atoms with Crippen molar-refractivity contribution in [3.8, 4) is 0 Å². The average molecular weight is 432 g/mol. The quantitative estimate of drug-likeness (QED) is 0.332. The Kier molecular flexibility index (Phi) is 11.4. The highest BCUT2D eigenvalue weighted by Crippen LogP contribution is 2.37. The second-order valence-electron chi connectivity index (χ2n) is 8.76. The molecule has 0 radical (unpaired) electrons. The summed E-state index contributed by atoms with van der Waals surface area (Å²) < 4.78 is 10.8. The maximum Gasteiger partial charge on any atom is 0.303 e. The highest BCUT2D eigenvalue weighted by molar-refractivity contribution is 5.97. The lowest BCUT2D eigenvalue weighted by Gasteiger charge is -2.36. The number of methoxy groups -OCH3 is 1. The molecule has 0 bridgehead atoms. The van der Waals surface area contributed by atoms with E-state index in [1.54, 1.807) is 0 Å². The van der Waals surface area contributed by atoms with Crippen LogP contribution >= 0.6 is 0 Å². The third-order valence-electron chi connectivity index (χ3n) is 5.83. The molecule has 5 nitrogen and oxygen atoms in total. The molecule has 5 heteroatoms. The summed E-state index contributed by atoms with van der Waals surface area (Å²) in [6, 6.07) is 0. The zero-order valence-corrected chi connectivity index (χ0v) is 20.4. The van der Waals surface area contributed by atoms with Crippen LogP contribution in [0.15, 0.2) is 46.4 Å². The lowest BCUT2D eigenvalue weighted by Crippen LogP contribution is -2.45. The van der Waals surface area contributed by atoms with Gasteiger partial charge in [0.1, 0.15) is 6.10 Å². The normalized spacial score (nSPS) is 22.4. The molecule has 0 saturated heterocycles. The number of rotatable bonds is 11. The van der Waals surface area contributed by atoms with E-state index >= 15 is 0 Å². The average Bonchev–Trinajstić information content (AvgIpc) is 2.68. The Morgan fingerprint density at radius 1 is 1.00 bits per heavy atom. The Balaban J connectivity index is 2.85. The van der Waals surface area contributed by atoms with Crippen molar-refractivity contribution in [1.82, 2.24) is 0 Å². The SMILES string of the molecule is CC[C@@H]1C(=O)C(OC)=C(N)[C@@H](OC(C)=O)[C@H]1C/C=C(\C)CC/C=C(\C)CCC=C(C)C. The second kappa shape index (κ2) is 13.2. The van der Waals surface area contributed by atoms with E-state index in [2.05, 4.69) is 45.9 Å². The number of nitrogens with two attached hydrogens (primary N) is 1. The molecule has 31 heavy (non-hydrogen) atoms. The summed E-state index contributed by atoms with van der Waals surface area (Å²) in [7, 11) is 1.43. The van der Waals surface area contributed by atoms with Gasteiger partial charge in [0.15, 0.2) is 5.76 Å². The fourth-order valence-corrected chi connectivity index (χ4v) is 4.08. The standard InChI is InChI=1S/C26H41NO4/c1-8-21-22(25(31-20(6)28)23(27)26(30-7)24(21)29)16-15-19(5)14-10-13-18(4)12-9-11-17(2)3/h11,13,15,21-22,25H,8-10,12,14,16,27H2,1-7H3/b18-13+,19-15+/t21-,22-,25-/m0/s1. The van der Waals surface area contributed by atoms with E-state index < -0.39 is 12.1 Å². The molecule has 0 fully saturated rings. The molecule has 1 aliphatic rings. The first-order chi connectivity index (χ1) is 14.6. The molecule has 0 spiro atoms. The Hall–Kier alpha value is -2.30. The fraction of sp³-hybridized carbons (Fsp3) is 0.615. The Bertz CT molecular complexity index is 753. The van der Waals surface area contributed by atoms with Gasteiger partial charge >= 0.3 is 5.97 Å². The summed E-state index contributed by atoms with van der Waals surface area (Å²) in [5, 5.41) is 0. The number of allylic oxidation sites excluding steroid dienone is 7. The minimum Gasteiger partial charge on any atom is -0.491 e. The molecule has 0 aliphatic heterocycles. The number of ketones is 1. The van der Waals surface area contributed by atoms with Crippen LogP contribution in [0.5, 0.6) is 0 Å². The number of carbonyl (C=O) groups excluding carboxylic acids is 2. The van der Waals surface area contributed by atoms with Crippen molar-refractivity contribution >= 4 is 11.8 Å². The molecule has 0 amide bonds. The number of hydrogen-bond acceptors (Lipinski definition) is 5. The van der Waals surface area contributed by atoms with Gasteiger partial charge in [-0.05, 0) is 66.2 Å². The first-order valence-electron chi connectivity index (χ1n) is 11.3. The summed E-state index contributed by atoms with van der Waals surface area (Å²) in [5.41, 5.74) is 10.4. The predicted molar refractivity (Wildman–Crippen MR) is 126 cm³/mol. The molecule has 0 unspecified atom stereocenters. The number of ether oxygens (including phenoxy) is 2. The van der Waals surface area contributed by atoms with Crippen molar-refractivity contribution in [3.05, 3.63) is 46.4 Å². The maximum absolute atomic E-state index is 12.8. The van der Waals surface area contributed by atoms with Gasteiger partial charge < -0.3 is 15.2 Å². The van der Waals surface area contributed by atoms with E-state index in [9.17, 15) is 9.59 Å². The molecule has 1 aliphatic carbocycles. The predicted octanol–water partition coefficient (Wildman–Crippen LogP) is 5.77. The third kappa shape index (κ3) is 8.39. The van der Waals surface area contributed by atoms with Gasteiger partial charge in [0.05, 0.1) is 12.8 Å². The summed E-state index contributed by atoms with van der Waals surface area (Å²) in [5.74, 6) is -0.850. The van der Waals surface area contributed by atoms with Gasteiger partial charge in [-0.25, -0.2) is 0 Å². The molecule has 2 N–H and O–H groups in total. The van der Waals surface area contributed by atoms with E-state index in [1.807, 2.05) is 6.92 Å². The van der Waals surface area contributed by atoms with Crippen LogP contribution < -0.4 is 5.73 Å². The lowest BCUT2D eigenvalue weighted by atomic mass is 9.74. The molecule has 3 atom stereocenters. The van der Waals surface area contributed by atoms with Gasteiger partial charge in [-0.3, -0.25) is 9.59 Å². The van der Waals surface area contributed by atoms with Crippen LogP contribution in [0.3, 0.4) is 0 Å². The topological polar surface area (TPSA) is 78.6 Å². The zero-order chi connectivity index (χ0) is 23.6. The molecule has 0 saturated carbocycles. The van der Waals surface area contributed by atoms with Crippen molar-refractivity contribution < 1.29 is 19.1 Å². The number of carbonyl (C=O) groups is 2. The minimum atomic E-state index is -0.642. The molecule has 0 aromatic carbocycles. The van der Waals surface area contributed by atoms with Gasteiger partial charge in [0.2, 0.25) is 5.78 Å². The van der Waals surface area contributed by atoms with Gasteiger partial charge in [-0.1, -0.05) is 41.9 Å². The van der Waals surface area contributed by atoms with Crippen molar-refractivity contribution in [2.45, 2.75) is 86.2 Å². The maximum atomic E-state index is 12.8. The molecule has 0 heterocycles. The Morgan fingerprint density at radius 2 is 1.58 bits per heavy atom. The van der Waals surface area contributed by atoms with Gasteiger partial charge in [0, 0.05) is 18.8 Å². The molecule has 174 valence electrons. The minimum absolute atomic E-state index is 0.100. The first kappa shape index (κ1) is 26.7. The van der Waals surface area contributed by atoms with E-state index in [1.165, 1.54) is 30.8 Å². The van der Waals surface area contributed by atoms with Crippen LogP contribution in [0.1, 0.15) is 80.1 Å². The zero-order valence-electron chi connectivity index (χ0n) is 20.4. The van der Waals surface area contributed by atoms with Crippen LogP contribution in [-0.2, 0) is 19.1 Å². The summed E-state index contributed by atoms with van der Waals surface area (Å²) in [6.07, 6.45) is 11.5. The fourth-order valence-electron chi connectivity index (χ4n) is 4.08. The van der Waals surface area contributed by atoms with E-state index in [-0.39, 0.29) is 29.1 Å². The van der Waals surface area contributed by atoms with Crippen LogP contribution in [0.2, 0.25) is 0 Å². The van der Waals surface area contributed by atoms with Crippen LogP contribution in [-0.4, -0.2) is 25.0 Å². The van der Waals surface area contributed by atoms with E-state index in [0.29, 0.717) is 12.8 Å². The number of esters is 1. The van der Waals surface area contributed by atoms with Crippen LogP contribution in [0, 0.1) is 11.8 Å². The Labute approximate surface area is 188 Å². The molecule has 1 rings (SSSR count). The van der Waals surface area contributed by atoms with E-state index in [0.717, 1.165) is 25.7 Å². The number of Topliss-reactive ketones (excluding diaryl/α,β-unsaturated/α-hetero) is 1. The van der Waals surface area contributed by atoms with Crippen molar-refractivity contribution in [2.24, 2.45) is 17.6 Å². The molecular weight excluding hydrogens is 390 g/mol. The lowest BCUT2D eigenvalue weighted by molar-refractivity contribution is -0.151. The molecular formula is C26H41NO4. The summed E-state index contributed by atoms with van der Waals surface area (Å²) >= 11 is 0. The third-order valence-corrected chi connectivity index (χ3v) is 5.83. The second-order valence-corrected chi connectivity index (χ2v) is 8.76. The van der Waals surface area contributed by atoms with Gasteiger partial charge in [-0.15, -0.1) is 0 Å². The van der Waals surface area contributed by atoms with Crippen LogP contribution in [0.4, 0.5) is 0 Å². The molecule has 0 aromatic heterocycles. The highest BCUT2D eigenvalue weighted by atomic mass is 16.5. The number of hydrogen-bond donors (Lipinski definition) is 1. The van der Waals surface area contributed by atoms with Gasteiger partial charge in [-0.2, -0.15) is 0 Å². The molecule has 0 aromatic rings. The summed E-state index contributed by atoms with van der Waals surface area (Å²) in [6.45, 7) is 11.9. The van der Waals surface area contributed by atoms with Crippen molar-refractivity contribution in [2.75, 3.05) is 7.11 Å². The van der Waals surface area contributed by atoms with Crippen molar-refractivity contribution in [3.63, 3.8) is 0 Å². The van der Waals surface area contributed by atoms with E-state index in [4.69, 9.17) is 15.2 Å². The first-order valence-corrected chi connectivity index (χ1v) is 11.3. The summed E-state index contributed by atoms with van der Waals surface area (Å²) in [4.78, 5) is 24.5.